The van der Waals surface area contributed by atoms with Crippen molar-refractivity contribution in [3.05, 3.63) is 24.3 Å². The number of hydrogen-bond acceptors (Lipinski definition) is 8. The van der Waals surface area contributed by atoms with Crippen LogP contribution >= 0.6 is 0 Å². The molecule has 0 bridgehead atoms. The lowest BCUT2D eigenvalue weighted by atomic mass is 9.87. The second-order valence-electron chi connectivity index (χ2n) is 12.5. The van der Waals surface area contributed by atoms with Crippen LogP contribution in [0.4, 0.5) is 4.79 Å². The molecule has 0 radical (unpaired) electrons. The Kier molecular flexibility index (Phi) is 12.0. The number of alkyl carbamates (subject to hydrolysis) is 1. The molecule has 232 valence electrons. The maximum Gasteiger partial charge on any atom is 0.407 e. The summed E-state index contributed by atoms with van der Waals surface area (Å²) in [6.07, 6.45) is 0.837. The number of nitrogens with one attached hydrogen (secondary N) is 2. The molecule has 1 saturated heterocycles. The monoisotopic (exact) mass is 598 g/mol. The molecule has 2 rings (SSSR count). The Morgan fingerprint density at radius 2 is 1.66 bits per heavy atom. The van der Waals surface area contributed by atoms with Gasteiger partial charge in [-0.3, -0.25) is 14.8 Å². The van der Waals surface area contributed by atoms with Gasteiger partial charge in [0.25, 0.3) is 5.91 Å². The van der Waals surface area contributed by atoms with Gasteiger partial charge in [-0.2, -0.15) is 4.31 Å². The Morgan fingerprint density at radius 3 is 2.15 bits per heavy atom. The fraction of sp³-hybridized carbons (Fsp3) is 0.679. The molecular formula is C28H46N4O8S. The minimum Gasteiger partial charge on any atom is -0.497 e. The first-order chi connectivity index (χ1) is 19.0. The number of amides is 3. The van der Waals surface area contributed by atoms with E-state index in [4.69, 9.17) is 9.47 Å². The smallest absolute Gasteiger partial charge is 0.407 e. The zero-order valence-corrected chi connectivity index (χ0v) is 26.0. The lowest BCUT2D eigenvalue weighted by molar-refractivity contribution is -0.136. The third-order valence-electron chi connectivity index (χ3n) is 6.68. The largest absolute Gasteiger partial charge is 0.497 e. The van der Waals surface area contributed by atoms with Crippen molar-refractivity contribution in [2.45, 2.75) is 83.8 Å². The summed E-state index contributed by atoms with van der Waals surface area (Å²) in [5.74, 6) is -0.460. The highest BCUT2D eigenvalue weighted by Crippen LogP contribution is 2.29. The van der Waals surface area contributed by atoms with E-state index in [1.165, 1.54) is 31.4 Å². The number of benzene rings is 1. The summed E-state index contributed by atoms with van der Waals surface area (Å²) in [7, 11) is -2.77. The van der Waals surface area contributed by atoms with E-state index >= 15 is 0 Å². The Labute approximate surface area is 243 Å². The minimum atomic E-state index is -4.23. The van der Waals surface area contributed by atoms with Crippen LogP contribution in [-0.2, 0) is 24.3 Å². The van der Waals surface area contributed by atoms with Gasteiger partial charge < -0.3 is 19.7 Å². The van der Waals surface area contributed by atoms with Crippen molar-refractivity contribution >= 4 is 27.9 Å². The van der Waals surface area contributed by atoms with Crippen molar-refractivity contribution in [1.29, 1.82) is 0 Å². The number of methoxy groups -OCH3 is 1. The van der Waals surface area contributed by atoms with E-state index in [9.17, 15) is 28.0 Å². The number of carbonyl (C=O) groups is 3. The number of nitrogens with zero attached hydrogens (tertiary/aromatic N) is 2. The first-order valence-corrected chi connectivity index (χ1v) is 15.3. The third-order valence-corrected chi connectivity index (χ3v) is 8.60. The maximum atomic E-state index is 13.8. The van der Waals surface area contributed by atoms with Crippen LogP contribution in [0.15, 0.2) is 29.2 Å². The average Bonchev–Trinajstić information content (AvgIpc) is 2.89. The number of likely N-dealkylation sites (tertiary alicyclic amines) is 1. The molecule has 41 heavy (non-hydrogen) atoms. The molecule has 1 fully saturated rings. The summed E-state index contributed by atoms with van der Waals surface area (Å²) in [6.45, 7) is 12.1. The zero-order chi connectivity index (χ0) is 31.0. The number of hydroxylamine groups is 1. The number of hydrogen-bond donors (Lipinski definition) is 3. The molecule has 1 aliphatic heterocycles. The van der Waals surface area contributed by atoms with Gasteiger partial charge in [-0.05, 0) is 75.6 Å². The van der Waals surface area contributed by atoms with Crippen molar-refractivity contribution in [3.63, 3.8) is 0 Å². The molecule has 1 aliphatic rings. The topological polar surface area (TPSA) is 155 Å². The van der Waals surface area contributed by atoms with Gasteiger partial charge in [-0.1, -0.05) is 20.8 Å². The van der Waals surface area contributed by atoms with Gasteiger partial charge in [-0.15, -0.1) is 0 Å². The van der Waals surface area contributed by atoms with Crippen molar-refractivity contribution in [2.75, 3.05) is 33.3 Å². The van der Waals surface area contributed by atoms with E-state index in [-0.39, 0.29) is 36.1 Å². The average molecular weight is 599 g/mol. The lowest BCUT2D eigenvalue weighted by Gasteiger charge is -2.35. The third kappa shape index (κ3) is 10.8. The highest BCUT2D eigenvalue weighted by atomic mass is 32.2. The van der Waals surface area contributed by atoms with Gasteiger partial charge >= 0.3 is 6.09 Å². The van der Waals surface area contributed by atoms with Crippen LogP contribution in [0.3, 0.4) is 0 Å². The van der Waals surface area contributed by atoms with Gasteiger partial charge in [0.05, 0.1) is 12.0 Å². The number of piperidine rings is 1. The van der Waals surface area contributed by atoms with Gasteiger partial charge in [0, 0.05) is 32.6 Å². The minimum absolute atomic E-state index is 0.0614. The molecule has 1 unspecified atom stereocenters. The SMILES string of the molecule is COc1ccc(S(=O)(=O)N(CCC(=O)N2CCC(CNC(=O)OC(C)(C)C)CC2)C(CC(C)(C)C)C(=O)NO)cc1. The van der Waals surface area contributed by atoms with Gasteiger partial charge in [0.1, 0.15) is 17.4 Å². The Hall–Kier alpha value is -2.90. The Morgan fingerprint density at radius 1 is 1.07 bits per heavy atom. The van der Waals surface area contributed by atoms with E-state index in [0.29, 0.717) is 38.2 Å². The normalized spacial score (nSPS) is 15.8. The molecule has 0 aliphatic carbocycles. The molecule has 3 N–H and O–H groups in total. The van der Waals surface area contributed by atoms with Gasteiger partial charge in [-0.25, -0.2) is 18.7 Å². The van der Waals surface area contributed by atoms with Crippen molar-refractivity contribution in [2.24, 2.45) is 11.3 Å². The summed E-state index contributed by atoms with van der Waals surface area (Å²) in [6, 6.07) is 4.52. The molecule has 13 heteroatoms. The van der Waals surface area contributed by atoms with Gasteiger partial charge in [0.15, 0.2) is 0 Å². The molecule has 1 aromatic carbocycles. The molecule has 3 amide bonds. The summed E-state index contributed by atoms with van der Waals surface area (Å²) in [5.41, 5.74) is 0.546. The van der Waals surface area contributed by atoms with Crippen LogP contribution < -0.4 is 15.5 Å². The number of carbonyl (C=O) groups excluding carboxylic acids is 3. The Balaban J connectivity index is 2.14. The number of ether oxygens (including phenoxy) is 2. The predicted octanol–water partition coefficient (Wildman–Crippen LogP) is 3.15. The molecular weight excluding hydrogens is 552 g/mol. The number of sulfonamides is 1. The summed E-state index contributed by atoms with van der Waals surface area (Å²) < 4.78 is 39.0. The molecule has 0 spiro atoms. The van der Waals surface area contributed by atoms with Crippen LogP contribution in [0.2, 0.25) is 0 Å². The quantitative estimate of drug-likeness (QED) is 0.259. The summed E-state index contributed by atoms with van der Waals surface area (Å²) in [5, 5.41) is 12.2. The standard InChI is InChI=1S/C28H46N4O8S/c1-27(2,3)18-23(25(34)30-36)32(41(37,38)22-10-8-21(39-7)9-11-22)17-14-24(33)31-15-12-20(13-16-31)19-29-26(35)40-28(4,5)6/h8-11,20,23,36H,12-19H2,1-7H3,(H,29,35)(H,30,34). The fourth-order valence-corrected chi connectivity index (χ4v) is 6.19. The second-order valence-corrected chi connectivity index (χ2v) is 14.4. The first kappa shape index (κ1) is 34.3. The zero-order valence-electron chi connectivity index (χ0n) is 25.2. The van der Waals surface area contributed by atoms with Crippen LogP contribution in [0.25, 0.3) is 0 Å². The highest BCUT2D eigenvalue weighted by Gasteiger charge is 2.39. The van der Waals surface area contributed by atoms with Crippen molar-refractivity contribution in [1.82, 2.24) is 20.0 Å². The maximum absolute atomic E-state index is 13.8. The molecule has 0 saturated carbocycles. The van der Waals surface area contributed by atoms with Crippen LogP contribution in [-0.4, -0.2) is 85.7 Å². The number of rotatable bonds is 11. The summed E-state index contributed by atoms with van der Waals surface area (Å²) >= 11 is 0. The molecule has 12 nitrogen and oxygen atoms in total. The van der Waals surface area contributed by atoms with Gasteiger partial charge in [0.2, 0.25) is 15.9 Å². The fourth-order valence-electron chi connectivity index (χ4n) is 4.60. The lowest BCUT2D eigenvalue weighted by Crippen LogP contribution is -2.51. The first-order valence-electron chi connectivity index (χ1n) is 13.8. The van der Waals surface area contributed by atoms with E-state index in [0.717, 1.165) is 4.31 Å². The molecule has 1 heterocycles. The van der Waals surface area contributed by atoms with E-state index < -0.39 is 39.1 Å². The van der Waals surface area contributed by atoms with Crippen molar-refractivity contribution in [3.8, 4) is 5.75 Å². The summed E-state index contributed by atoms with van der Waals surface area (Å²) in [4.78, 5) is 39.5. The van der Waals surface area contributed by atoms with Crippen molar-refractivity contribution < 1.29 is 37.5 Å². The molecule has 1 atom stereocenters. The molecule has 0 aromatic heterocycles. The van der Waals surface area contributed by atoms with E-state index in [1.807, 2.05) is 20.8 Å². The van der Waals surface area contributed by atoms with Crippen LogP contribution in [0, 0.1) is 11.3 Å². The predicted molar refractivity (Wildman–Crippen MR) is 153 cm³/mol. The van der Waals surface area contributed by atoms with Crippen LogP contribution in [0.5, 0.6) is 5.75 Å². The second kappa shape index (κ2) is 14.3. The van der Waals surface area contributed by atoms with Crippen LogP contribution in [0.1, 0.15) is 67.2 Å². The molecule has 1 aromatic rings. The highest BCUT2D eigenvalue weighted by molar-refractivity contribution is 7.89. The van der Waals surface area contributed by atoms with E-state index in [2.05, 4.69) is 5.32 Å². The van der Waals surface area contributed by atoms with E-state index in [1.54, 1.807) is 31.2 Å². The Bertz CT molecular complexity index is 1140.